The lowest BCUT2D eigenvalue weighted by molar-refractivity contribution is 0.0523. The molecule has 0 unspecified atom stereocenters. The summed E-state index contributed by atoms with van der Waals surface area (Å²) in [6.07, 6.45) is 1.09. The van der Waals surface area contributed by atoms with Crippen LogP contribution in [0.3, 0.4) is 0 Å². The first kappa shape index (κ1) is 12.6. The van der Waals surface area contributed by atoms with E-state index in [2.05, 4.69) is 17.6 Å². The number of rotatable bonds is 2. The van der Waals surface area contributed by atoms with E-state index >= 15 is 0 Å². The molecule has 18 heavy (non-hydrogen) atoms. The second-order valence-electron chi connectivity index (χ2n) is 3.56. The van der Waals surface area contributed by atoms with E-state index < -0.39 is 11.8 Å². The van der Waals surface area contributed by atoms with E-state index in [1.165, 1.54) is 12.1 Å². The number of thiol groups is 1. The lowest BCUT2D eigenvalue weighted by Gasteiger charge is -2.07. The van der Waals surface area contributed by atoms with Gasteiger partial charge in [-0.25, -0.2) is 9.18 Å². The number of carbonyl (C=O) groups is 1. The fourth-order valence-electron chi connectivity index (χ4n) is 1.59. The van der Waals surface area contributed by atoms with E-state index in [1.54, 1.807) is 6.92 Å². The summed E-state index contributed by atoms with van der Waals surface area (Å²) in [4.78, 5) is 15.7. The number of pyridine rings is 1. The molecule has 0 amide bonds. The number of esters is 1. The van der Waals surface area contributed by atoms with Crippen molar-refractivity contribution >= 4 is 29.5 Å². The minimum atomic E-state index is -0.700. The highest BCUT2D eigenvalue weighted by atomic mass is 32.1. The average molecular weight is 267 g/mol. The summed E-state index contributed by atoms with van der Waals surface area (Å²) in [6, 6.07) is 2.62. The van der Waals surface area contributed by atoms with Gasteiger partial charge in [0.2, 0.25) is 0 Å². The number of carbonyl (C=O) groups excluding carboxylic acids is 1. The van der Waals surface area contributed by atoms with Crippen LogP contribution in [0.1, 0.15) is 17.3 Å². The van der Waals surface area contributed by atoms with Gasteiger partial charge in [0.05, 0.1) is 6.61 Å². The van der Waals surface area contributed by atoms with E-state index in [0.717, 1.165) is 6.20 Å². The molecule has 1 heterocycles. The number of nitrogens with zero attached hydrogens (tertiary/aromatic N) is 1. The van der Waals surface area contributed by atoms with Crippen LogP contribution in [-0.2, 0) is 4.74 Å². The Kier molecular flexibility index (Phi) is 3.38. The zero-order chi connectivity index (χ0) is 13.3. The Morgan fingerprint density at radius 1 is 1.56 bits per heavy atom. The summed E-state index contributed by atoms with van der Waals surface area (Å²) < 4.78 is 18.3. The number of fused-ring (bicyclic) bond motifs is 1. The summed E-state index contributed by atoms with van der Waals surface area (Å²) in [7, 11) is 0. The van der Waals surface area contributed by atoms with Crippen molar-refractivity contribution in [3.8, 4) is 5.75 Å². The first-order chi connectivity index (χ1) is 8.54. The lowest BCUT2D eigenvalue weighted by atomic mass is 10.1. The molecule has 0 aliphatic rings. The molecule has 0 aliphatic carbocycles. The molecule has 0 spiro atoms. The van der Waals surface area contributed by atoms with Gasteiger partial charge in [-0.1, -0.05) is 0 Å². The van der Waals surface area contributed by atoms with Crippen molar-refractivity contribution in [2.45, 2.75) is 11.8 Å². The smallest absolute Gasteiger partial charge is 0.343 e. The van der Waals surface area contributed by atoms with Gasteiger partial charge in [0.1, 0.15) is 16.8 Å². The third kappa shape index (κ3) is 2.11. The van der Waals surface area contributed by atoms with Crippen LogP contribution in [0.2, 0.25) is 0 Å². The van der Waals surface area contributed by atoms with Crippen LogP contribution in [0.5, 0.6) is 5.75 Å². The molecule has 6 heteroatoms. The van der Waals surface area contributed by atoms with E-state index in [1.807, 2.05) is 0 Å². The van der Waals surface area contributed by atoms with E-state index in [9.17, 15) is 14.3 Å². The Hall–Kier alpha value is -1.82. The average Bonchev–Trinajstić information content (AvgIpc) is 2.30. The Balaban J connectivity index is 2.67. The summed E-state index contributed by atoms with van der Waals surface area (Å²) in [5, 5.41) is 10.1. The fraction of sp³-hybridized carbons (Fsp3) is 0.167. The zero-order valence-electron chi connectivity index (χ0n) is 9.48. The number of hydrogen-bond acceptors (Lipinski definition) is 5. The van der Waals surface area contributed by atoms with Crippen LogP contribution in [0.15, 0.2) is 23.2 Å². The Labute approximate surface area is 108 Å². The van der Waals surface area contributed by atoms with Crippen LogP contribution in [0, 0.1) is 5.82 Å². The largest absolute Gasteiger partial charge is 0.506 e. The van der Waals surface area contributed by atoms with Crippen molar-refractivity contribution in [3.05, 3.63) is 29.7 Å². The van der Waals surface area contributed by atoms with E-state index in [4.69, 9.17) is 4.74 Å². The van der Waals surface area contributed by atoms with Gasteiger partial charge in [0.25, 0.3) is 0 Å². The molecule has 1 aromatic heterocycles. The first-order valence-corrected chi connectivity index (χ1v) is 5.66. The van der Waals surface area contributed by atoms with Gasteiger partial charge in [-0.05, 0) is 19.1 Å². The SMILES string of the molecule is CCOC(=O)c1cnc2c(F)cc(S)cc2c1O. The third-order valence-corrected chi connectivity index (χ3v) is 2.63. The van der Waals surface area contributed by atoms with Crippen molar-refractivity contribution < 1.29 is 19.0 Å². The molecule has 1 N–H and O–H groups in total. The quantitative estimate of drug-likeness (QED) is 0.648. The number of benzene rings is 1. The maximum absolute atomic E-state index is 13.6. The van der Waals surface area contributed by atoms with E-state index in [0.29, 0.717) is 4.90 Å². The maximum atomic E-state index is 13.6. The van der Waals surface area contributed by atoms with Crippen LogP contribution in [-0.4, -0.2) is 22.7 Å². The van der Waals surface area contributed by atoms with Gasteiger partial charge in [-0.2, -0.15) is 0 Å². The van der Waals surface area contributed by atoms with Gasteiger partial charge < -0.3 is 9.84 Å². The van der Waals surface area contributed by atoms with Crippen molar-refractivity contribution in [1.82, 2.24) is 4.98 Å². The zero-order valence-corrected chi connectivity index (χ0v) is 10.4. The van der Waals surface area contributed by atoms with Crippen molar-refractivity contribution in [2.24, 2.45) is 0 Å². The highest BCUT2D eigenvalue weighted by Crippen LogP contribution is 2.30. The molecular formula is C12H10FNO3S. The van der Waals surface area contributed by atoms with Crippen LogP contribution in [0.4, 0.5) is 4.39 Å². The third-order valence-electron chi connectivity index (χ3n) is 2.38. The second-order valence-corrected chi connectivity index (χ2v) is 4.08. The first-order valence-electron chi connectivity index (χ1n) is 5.22. The van der Waals surface area contributed by atoms with Crippen molar-refractivity contribution in [1.29, 1.82) is 0 Å². The topological polar surface area (TPSA) is 59.4 Å². The van der Waals surface area contributed by atoms with Crippen molar-refractivity contribution in [3.63, 3.8) is 0 Å². The predicted octanol–water partition coefficient (Wildman–Crippen LogP) is 2.54. The summed E-state index contributed by atoms with van der Waals surface area (Å²) >= 11 is 4.01. The number of aromatic nitrogens is 1. The molecule has 0 saturated carbocycles. The number of aromatic hydroxyl groups is 1. The Morgan fingerprint density at radius 2 is 2.28 bits per heavy atom. The minimum absolute atomic E-state index is 0.0154. The summed E-state index contributed by atoms with van der Waals surface area (Å²) in [5.74, 6) is -1.66. The van der Waals surface area contributed by atoms with Crippen molar-refractivity contribution in [2.75, 3.05) is 6.61 Å². The van der Waals surface area contributed by atoms with Gasteiger partial charge in [0.15, 0.2) is 5.82 Å². The number of ether oxygens (including phenoxy) is 1. The summed E-state index contributed by atoms with van der Waals surface area (Å²) in [5.41, 5.74) is -0.110. The number of halogens is 1. The van der Waals surface area contributed by atoms with Gasteiger partial charge in [-0.15, -0.1) is 12.6 Å². The molecule has 0 aliphatic heterocycles. The molecule has 2 rings (SSSR count). The molecule has 0 saturated heterocycles. The van der Waals surface area contributed by atoms with E-state index in [-0.39, 0.29) is 28.8 Å². The van der Waals surface area contributed by atoms with Gasteiger partial charge >= 0.3 is 5.97 Å². The minimum Gasteiger partial charge on any atom is -0.506 e. The summed E-state index contributed by atoms with van der Waals surface area (Å²) in [6.45, 7) is 1.83. The molecule has 0 radical (unpaired) electrons. The van der Waals surface area contributed by atoms with Gasteiger partial charge in [-0.3, -0.25) is 4.98 Å². The molecular weight excluding hydrogens is 257 g/mol. The Morgan fingerprint density at radius 3 is 2.94 bits per heavy atom. The number of hydrogen-bond donors (Lipinski definition) is 2. The normalized spacial score (nSPS) is 10.6. The molecule has 0 fully saturated rings. The maximum Gasteiger partial charge on any atom is 0.343 e. The Bertz CT molecular complexity index is 630. The highest BCUT2D eigenvalue weighted by Gasteiger charge is 2.17. The second kappa shape index (κ2) is 4.81. The highest BCUT2D eigenvalue weighted by molar-refractivity contribution is 7.80. The monoisotopic (exact) mass is 267 g/mol. The fourth-order valence-corrected chi connectivity index (χ4v) is 1.83. The van der Waals surface area contributed by atoms with Crippen LogP contribution >= 0.6 is 12.6 Å². The van der Waals surface area contributed by atoms with Crippen LogP contribution < -0.4 is 0 Å². The predicted molar refractivity (Wildman–Crippen MR) is 66.6 cm³/mol. The molecule has 2 aromatic rings. The van der Waals surface area contributed by atoms with Crippen LogP contribution in [0.25, 0.3) is 10.9 Å². The molecule has 0 bridgehead atoms. The molecule has 0 atom stereocenters. The van der Waals surface area contributed by atoms with Gasteiger partial charge in [0, 0.05) is 16.5 Å². The molecule has 1 aromatic carbocycles. The standard InChI is InChI=1S/C12H10FNO3S/c1-2-17-12(16)8-5-14-10-7(11(8)15)3-6(18)4-9(10)13/h3-5,18H,2H2,1H3,(H,14,15). The lowest BCUT2D eigenvalue weighted by Crippen LogP contribution is -2.06. The molecule has 94 valence electrons. The molecule has 4 nitrogen and oxygen atoms in total.